The normalized spacial score (nSPS) is 11.0. The van der Waals surface area contributed by atoms with Crippen LogP contribution in [0, 0.1) is 0 Å². The van der Waals surface area contributed by atoms with E-state index in [1.807, 2.05) is 0 Å². The molecule has 6 heteroatoms. The van der Waals surface area contributed by atoms with Crippen molar-refractivity contribution in [3.8, 4) is 0 Å². The zero-order valence-corrected chi connectivity index (χ0v) is 16.1. The second-order valence-corrected chi connectivity index (χ2v) is 130. The molecule has 0 aromatic rings. The average molecular weight is 655 g/mol. The van der Waals surface area contributed by atoms with Gasteiger partial charge in [0.2, 0.25) is 0 Å². The summed E-state index contributed by atoms with van der Waals surface area (Å²) < 4.78 is 0. The Morgan fingerprint density at radius 3 is 0.833 bits per heavy atom. The van der Waals surface area contributed by atoms with Crippen LogP contribution in [0.25, 0.3) is 0 Å². The Morgan fingerprint density at radius 2 is 0.833 bits per heavy atom. The van der Waals surface area contributed by atoms with Crippen LogP contribution in [0.3, 0.4) is 0 Å². The predicted molar refractivity (Wildman–Crippen MR) is 70.4 cm³/mol. The summed E-state index contributed by atoms with van der Waals surface area (Å²) in [6.45, 7) is 0. The van der Waals surface area contributed by atoms with Gasteiger partial charge in [0.15, 0.2) is 0 Å². The molecule has 0 aromatic heterocycles. The molecule has 0 spiro atoms. The first-order chi connectivity index (χ1) is 2.64. The van der Waals surface area contributed by atoms with Gasteiger partial charge in [0.05, 0.1) is 0 Å². The second kappa shape index (κ2) is 5.77. The molecule has 0 N–H and O–H groups in total. The molecule has 0 fully saturated rings. The molecule has 0 rings (SSSR count). The molecule has 0 saturated heterocycles. The summed E-state index contributed by atoms with van der Waals surface area (Å²) in [4.78, 5) is 0. The van der Waals surface area contributed by atoms with Gasteiger partial charge in [-0.15, -0.1) is 0 Å². The minimum atomic E-state index is -0.526. The molecule has 0 saturated carbocycles. The molecule has 38 valence electrons. The van der Waals surface area contributed by atoms with Crippen molar-refractivity contribution in [2.45, 2.75) is 0 Å². The first kappa shape index (κ1) is 10.0. The van der Waals surface area contributed by atoms with Gasteiger partial charge in [0, 0.05) is 0 Å². The van der Waals surface area contributed by atoms with Gasteiger partial charge in [-0.1, -0.05) is 0 Å². The van der Waals surface area contributed by atoms with Gasteiger partial charge in [-0.2, -0.15) is 0 Å². The van der Waals surface area contributed by atoms with E-state index < -0.39 is 11.5 Å². The summed E-state index contributed by atoms with van der Waals surface area (Å²) in [7, 11) is 0. The van der Waals surface area contributed by atoms with E-state index in [9.17, 15) is 0 Å². The summed E-state index contributed by atoms with van der Waals surface area (Å²) in [5, 5.41) is 0. The average Bonchev–Trinajstić information content (AvgIpc) is 1.36. The summed E-state index contributed by atoms with van der Waals surface area (Å²) >= 11 is 10.7. The van der Waals surface area contributed by atoms with Crippen LogP contribution in [0.1, 0.15) is 0 Å². The SMILES string of the molecule is [I][GeH]([I])[GeH]([I])[I]. The number of rotatable bonds is 1. The Morgan fingerprint density at radius 1 is 0.667 bits per heavy atom. The third kappa shape index (κ3) is 6.13. The van der Waals surface area contributed by atoms with Crippen LogP contribution in [0.4, 0.5) is 0 Å². The predicted octanol–water partition coefficient (Wildman–Crippen LogP) is 2.25. The van der Waals surface area contributed by atoms with Crippen molar-refractivity contribution in [2.24, 2.45) is 0 Å². The van der Waals surface area contributed by atoms with Gasteiger partial charge in [0.1, 0.15) is 0 Å². The number of halogens is 4. The van der Waals surface area contributed by atoms with Crippen LogP contribution >= 0.6 is 80.9 Å². The molecule has 0 unspecified atom stereocenters. The number of hydrogen-bond donors (Lipinski definition) is 0. The van der Waals surface area contributed by atoms with E-state index in [0.717, 1.165) is 0 Å². The quantitative estimate of drug-likeness (QED) is 0.301. The molecule has 0 aliphatic heterocycles. The Hall–Kier alpha value is 4.01. The molecule has 0 aromatic carbocycles. The Labute approximate surface area is 89.4 Å². The second-order valence-electron chi connectivity index (χ2n) is 0.669. The Balaban J connectivity index is 2.99. The molecule has 0 bridgehead atoms. The Kier molecular flexibility index (Phi) is 9.61. The molecule has 0 nitrogen and oxygen atoms in total. The zero-order chi connectivity index (χ0) is 5.15. The fraction of sp³-hybridized carbons (Fsp3) is 0. The van der Waals surface area contributed by atoms with E-state index in [1.165, 1.54) is 0 Å². The summed E-state index contributed by atoms with van der Waals surface area (Å²) in [5.41, 5.74) is 0. The molecular weight excluding hydrogens is 653 g/mol. The van der Waals surface area contributed by atoms with Gasteiger partial charge >= 0.3 is 92.4 Å². The molecule has 6 heavy (non-hydrogen) atoms. The molecular formula is H2Ge2I4. The van der Waals surface area contributed by atoms with Crippen molar-refractivity contribution in [2.75, 3.05) is 0 Å². The molecule has 0 radical (unpaired) electrons. The van der Waals surface area contributed by atoms with Crippen LogP contribution in [0.2, 0.25) is 0 Å². The zero-order valence-electron chi connectivity index (χ0n) is 2.67. The maximum atomic E-state index is 2.67. The maximum absolute atomic E-state index is 2.67. The van der Waals surface area contributed by atoms with Gasteiger partial charge in [0.25, 0.3) is 0 Å². The molecule has 0 amide bonds. The molecule has 0 aliphatic carbocycles. The minimum absolute atomic E-state index is 0.526. The van der Waals surface area contributed by atoms with E-state index in [-0.39, 0.29) is 0 Å². The van der Waals surface area contributed by atoms with Crippen LogP contribution in [-0.2, 0) is 0 Å². The van der Waals surface area contributed by atoms with Crippen molar-refractivity contribution >= 4 is 92.4 Å². The summed E-state index contributed by atoms with van der Waals surface area (Å²) in [6, 6.07) is 0. The van der Waals surface area contributed by atoms with Gasteiger partial charge < -0.3 is 0 Å². The van der Waals surface area contributed by atoms with Crippen LogP contribution in [-0.4, -0.2) is 11.5 Å². The van der Waals surface area contributed by atoms with E-state index in [0.29, 0.717) is 0 Å². The van der Waals surface area contributed by atoms with Crippen molar-refractivity contribution < 1.29 is 0 Å². The molecule has 0 heterocycles. The van der Waals surface area contributed by atoms with Crippen molar-refractivity contribution in [3.63, 3.8) is 0 Å². The summed E-state index contributed by atoms with van der Waals surface area (Å²) in [6.07, 6.45) is 0. The molecule has 0 aliphatic rings. The summed E-state index contributed by atoms with van der Waals surface area (Å²) in [5.74, 6) is -1.05. The van der Waals surface area contributed by atoms with Crippen LogP contribution < -0.4 is 0 Å². The number of hydrogen-bond acceptors (Lipinski definition) is 0. The van der Waals surface area contributed by atoms with Crippen molar-refractivity contribution in [1.82, 2.24) is 0 Å². The van der Waals surface area contributed by atoms with Gasteiger partial charge in [-0.25, -0.2) is 0 Å². The topological polar surface area (TPSA) is 0 Å². The monoisotopic (exact) mass is 657 g/mol. The molecule has 0 atom stereocenters. The first-order valence-electron chi connectivity index (χ1n) is 1.21. The Bertz CT molecular complexity index is 26.5. The van der Waals surface area contributed by atoms with E-state index >= 15 is 0 Å². The van der Waals surface area contributed by atoms with Gasteiger partial charge in [-0.3, -0.25) is 0 Å². The first-order valence-corrected chi connectivity index (χ1v) is 39.4. The van der Waals surface area contributed by atoms with Crippen LogP contribution in [0.5, 0.6) is 0 Å². The van der Waals surface area contributed by atoms with Crippen molar-refractivity contribution in [1.29, 1.82) is 0 Å². The van der Waals surface area contributed by atoms with Crippen LogP contribution in [0.15, 0.2) is 0 Å². The van der Waals surface area contributed by atoms with E-state index in [1.54, 1.807) is 0 Å². The third-order valence-corrected chi connectivity index (χ3v) is 231. The van der Waals surface area contributed by atoms with E-state index in [4.69, 9.17) is 0 Å². The third-order valence-electron chi connectivity index (χ3n) is 0.190. The van der Waals surface area contributed by atoms with Gasteiger partial charge in [-0.05, 0) is 0 Å². The standard InChI is InChI=1S/Ge2H2I4/c3-1(4)2(5)6/h1-2H. The van der Waals surface area contributed by atoms with E-state index in [2.05, 4.69) is 80.9 Å². The fourth-order valence-corrected chi connectivity index (χ4v) is 0. The van der Waals surface area contributed by atoms with Crippen molar-refractivity contribution in [3.05, 3.63) is 0 Å². The fourth-order valence-electron chi connectivity index (χ4n) is 0.